The molecule has 1 N–H and O–H groups in total. The first kappa shape index (κ1) is 17.8. The Morgan fingerprint density at radius 1 is 1.25 bits per heavy atom. The quantitative estimate of drug-likeness (QED) is 0.776. The minimum atomic E-state index is -0.161. The number of nitrogens with zero attached hydrogens (tertiary/aromatic N) is 4. The fraction of sp³-hybridized carbons (Fsp3) is 0.562. The average molecular weight is 333 g/mol. The maximum Gasteiger partial charge on any atom is 0.235 e. The Morgan fingerprint density at radius 2 is 1.92 bits per heavy atom. The molecule has 0 aromatic carbocycles. The number of nitrogens with one attached hydrogen (secondary N) is 1. The Kier molecular flexibility index (Phi) is 5.48. The number of carbonyl (C=O) groups is 2. The number of amides is 1. The zero-order chi connectivity index (χ0) is 17.9. The third-order valence-corrected chi connectivity index (χ3v) is 3.82. The molecule has 0 bridgehead atoms. The molecule has 0 saturated carbocycles. The van der Waals surface area contributed by atoms with Crippen molar-refractivity contribution in [1.82, 2.24) is 25.3 Å². The zero-order valence-corrected chi connectivity index (χ0v) is 14.7. The number of ketones is 1. The molecule has 0 fully saturated rings. The maximum absolute atomic E-state index is 12.1. The highest BCUT2D eigenvalue weighted by molar-refractivity contribution is 5.96. The largest absolute Gasteiger partial charge is 0.423 e. The molecular weight excluding hydrogens is 310 g/mol. The van der Waals surface area contributed by atoms with Gasteiger partial charge < -0.3 is 9.73 Å². The van der Waals surface area contributed by atoms with E-state index in [9.17, 15) is 9.59 Å². The molecule has 130 valence electrons. The molecule has 0 unspecified atom stereocenters. The number of rotatable bonds is 7. The lowest BCUT2D eigenvalue weighted by Crippen LogP contribution is -2.26. The predicted molar refractivity (Wildman–Crippen MR) is 86.6 cm³/mol. The second-order valence-electron chi connectivity index (χ2n) is 5.82. The van der Waals surface area contributed by atoms with Gasteiger partial charge in [-0.05, 0) is 27.7 Å². The third kappa shape index (κ3) is 3.87. The number of carbonyl (C=O) groups excluding carboxylic acids is 2. The molecule has 8 heteroatoms. The van der Waals surface area contributed by atoms with E-state index in [0.29, 0.717) is 29.5 Å². The highest BCUT2D eigenvalue weighted by atomic mass is 16.4. The third-order valence-electron chi connectivity index (χ3n) is 3.82. The van der Waals surface area contributed by atoms with Crippen LogP contribution < -0.4 is 5.32 Å². The van der Waals surface area contributed by atoms with Crippen molar-refractivity contribution in [2.75, 3.05) is 0 Å². The van der Waals surface area contributed by atoms with E-state index in [-0.39, 0.29) is 30.7 Å². The molecule has 2 aromatic rings. The Balaban J connectivity index is 1.96. The van der Waals surface area contributed by atoms with Crippen molar-refractivity contribution >= 4 is 11.7 Å². The minimum absolute atomic E-state index is 0.0176. The van der Waals surface area contributed by atoms with Gasteiger partial charge in [-0.2, -0.15) is 5.10 Å². The summed E-state index contributed by atoms with van der Waals surface area (Å²) in [7, 11) is 0. The van der Waals surface area contributed by atoms with Crippen LogP contribution in [0.15, 0.2) is 4.42 Å². The van der Waals surface area contributed by atoms with E-state index in [4.69, 9.17) is 4.42 Å². The topological polar surface area (TPSA) is 103 Å². The summed E-state index contributed by atoms with van der Waals surface area (Å²) in [5.74, 6) is 0.775. The monoisotopic (exact) mass is 333 g/mol. The lowest BCUT2D eigenvalue weighted by atomic mass is 10.1. The Morgan fingerprint density at radius 3 is 2.46 bits per heavy atom. The highest BCUT2D eigenvalue weighted by Gasteiger charge is 2.20. The van der Waals surface area contributed by atoms with Crippen LogP contribution in [0.4, 0.5) is 0 Å². The molecule has 2 heterocycles. The Hall–Kier alpha value is -2.51. The molecule has 0 aliphatic carbocycles. The van der Waals surface area contributed by atoms with Gasteiger partial charge in [-0.3, -0.25) is 14.3 Å². The number of aryl methyl sites for hydroxylation is 2. The van der Waals surface area contributed by atoms with Gasteiger partial charge in [0.15, 0.2) is 5.78 Å². The average Bonchev–Trinajstić information content (AvgIpc) is 3.09. The van der Waals surface area contributed by atoms with E-state index in [1.807, 2.05) is 20.8 Å². The summed E-state index contributed by atoms with van der Waals surface area (Å²) < 4.78 is 7.08. The summed E-state index contributed by atoms with van der Waals surface area (Å²) >= 11 is 0. The van der Waals surface area contributed by atoms with Crippen molar-refractivity contribution < 1.29 is 14.0 Å². The lowest BCUT2D eigenvalue weighted by molar-refractivity contribution is -0.122. The highest BCUT2D eigenvalue weighted by Crippen LogP contribution is 2.19. The summed E-state index contributed by atoms with van der Waals surface area (Å²) in [6.07, 6.45) is 0.905. The van der Waals surface area contributed by atoms with Crippen LogP contribution in [0.1, 0.15) is 66.8 Å². The molecule has 0 saturated heterocycles. The van der Waals surface area contributed by atoms with Gasteiger partial charge in [-0.25, -0.2) is 0 Å². The second kappa shape index (κ2) is 7.37. The van der Waals surface area contributed by atoms with Gasteiger partial charge in [0.1, 0.15) is 0 Å². The van der Waals surface area contributed by atoms with Gasteiger partial charge >= 0.3 is 0 Å². The molecule has 0 radical (unpaired) electrons. The van der Waals surface area contributed by atoms with Crippen molar-refractivity contribution in [2.45, 2.75) is 60.0 Å². The molecule has 8 nitrogen and oxygen atoms in total. The first-order valence-corrected chi connectivity index (χ1v) is 7.98. The molecule has 2 aromatic heterocycles. The molecule has 0 aliphatic heterocycles. The zero-order valence-electron chi connectivity index (χ0n) is 14.7. The first-order valence-electron chi connectivity index (χ1n) is 7.98. The molecule has 24 heavy (non-hydrogen) atoms. The normalized spacial score (nSPS) is 12.2. The summed E-state index contributed by atoms with van der Waals surface area (Å²) in [5, 5.41) is 14.9. The van der Waals surface area contributed by atoms with Crippen LogP contribution >= 0.6 is 0 Å². The van der Waals surface area contributed by atoms with Crippen molar-refractivity contribution in [3.63, 3.8) is 0 Å². The number of hydrogen-bond donors (Lipinski definition) is 1. The van der Waals surface area contributed by atoms with Crippen LogP contribution in [-0.4, -0.2) is 31.7 Å². The Labute approximate surface area is 140 Å². The fourth-order valence-corrected chi connectivity index (χ4v) is 2.71. The van der Waals surface area contributed by atoms with Crippen LogP contribution in [-0.2, 0) is 17.8 Å². The molecule has 0 aliphatic rings. The standard InChI is InChI=1S/C16H23N5O3/c1-6-14-18-19-15(24-14)8-17-13(23)7-9(2)21-11(4)16(12(5)22)10(3)20-21/h9H,6-8H2,1-5H3,(H,17,23)/t9-/m0/s1. The minimum Gasteiger partial charge on any atom is -0.423 e. The Bertz CT molecular complexity index is 747. The molecule has 2 rings (SSSR count). The maximum atomic E-state index is 12.1. The second-order valence-corrected chi connectivity index (χ2v) is 5.82. The first-order chi connectivity index (χ1) is 11.3. The smallest absolute Gasteiger partial charge is 0.235 e. The number of Topliss-reactive ketones (excluding diaryl/α,β-unsaturated/α-hetero) is 1. The molecular formula is C16H23N5O3. The van der Waals surface area contributed by atoms with Gasteiger partial charge in [-0.1, -0.05) is 6.92 Å². The summed E-state index contributed by atoms with van der Waals surface area (Å²) in [6.45, 7) is 9.18. The number of hydrogen-bond acceptors (Lipinski definition) is 6. The van der Waals surface area contributed by atoms with Gasteiger partial charge in [0.25, 0.3) is 0 Å². The van der Waals surface area contributed by atoms with E-state index >= 15 is 0 Å². The van der Waals surface area contributed by atoms with Crippen LogP contribution in [0.25, 0.3) is 0 Å². The van der Waals surface area contributed by atoms with Gasteiger partial charge in [0, 0.05) is 18.5 Å². The molecule has 0 spiro atoms. The number of aromatic nitrogens is 4. The van der Waals surface area contributed by atoms with E-state index < -0.39 is 0 Å². The van der Waals surface area contributed by atoms with E-state index in [2.05, 4.69) is 20.6 Å². The van der Waals surface area contributed by atoms with Crippen LogP contribution in [0.2, 0.25) is 0 Å². The SMILES string of the molecule is CCc1nnc(CNC(=O)C[C@H](C)n2nc(C)c(C(C)=O)c2C)o1. The van der Waals surface area contributed by atoms with Crippen LogP contribution in [0, 0.1) is 13.8 Å². The van der Waals surface area contributed by atoms with Gasteiger partial charge in [0.2, 0.25) is 17.7 Å². The fourth-order valence-electron chi connectivity index (χ4n) is 2.71. The predicted octanol–water partition coefficient (Wildman–Crippen LogP) is 1.92. The summed E-state index contributed by atoms with van der Waals surface area (Å²) in [6, 6.07) is -0.161. The van der Waals surface area contributed by atoms with Crippen molar-refractivity contribution in [2.24, 2.45) is 0 Å². The summed E-state index contributed by atoms with van der Waals surface area (Å²) in [5.41, 5.74) is 2.09. The lowest BCUT2D eigenvalue weighted by Gasteiger charge is -2.14. The van der Waals surface area contributed by atoms with Crippen molar-refractivity contribution in [1.29, 1.82) is 0 Å². The van der Waals surface area contributed by atoms with Crippen LogP contribution in [0.5, 0.6) is 0 Å². The summed E-state index contributed by atoms with van der Waals surface area (Å²) in [4.78, 5) is 23.8. The van der Waals surface area contributed by atoms with E-state index in [0.717, 1.165) is 5.69 Å². The van der Waals surface area contributed by atoms with E-state index in [1.54, 1.807) is 11.6 Å². The van der Waals surface area contributed by atoms with Gasteiger partial charge in [-0.15, -0.1) is 10.2 Å². The molecule has 1 atom stereocenters. The van der Waals surface area contributed by atoms with Crippen molar-refractivity contribution in [3.8, 4) is 0 Å². The van der Waals surface area contributed by atoms with Crippen molar-refractivity contribution in [3.05, 3.63) is 28.7 Å². The van der Waals surface area contributed by atoms with E-state index in [1.165, 1.54) is 6.92 Å². The van der Waals surface area contributed by atoms with Crippen LogP contribution in [0.3, 0.4) is 0 Å². The van der Waals surface area contributed by atoms with Gasteiger partial charge in [0.05, 0.1) is 23.8 Å². The molecule has 1 amide bonds.